The number of aliphatic imine (C=N–C) groups is 1. The Hall–Kier alpha value is -2.08. The first-order valence-electron chi connectivity index (χ1n) is 7.04. The number of hydrogen-bond acceptors (Lipinski definition) is 3. The molecule has 0 spiro atoms. The van der Waals surface area contributed by atoms with Crippen LogP contribution in [0.4, 0.5) is 0 Å². The van der Waals surface area contributed by atoms with Crippen LogP contribution >= 0.6 is 11.6 Å². The molecular formula is C15H21ClN4O2. The van der Waals surface area contributed by atoms with E-state index in [1.807, 2.05) is 6.07 Å². The van der Waals surface area contributed by atoms with Crippen molar-refractivity contribution in [1.29, 1.82) is 0 Å². The van der Waals surface area contributed by atoms with Crippen LogP contribution in [0.25, 0.3) is 0 Å². The number of alkyl halides is 1. The van der Waals surface area contributed by atoms with Crippen molar-refractivity contribution in [3.8, 4) is 0 Å². The summed E-state index contributed by atoms with van der Waals surface area (Å²) < 4.78 is 0. The smallest absolute Gasteiger partial charge is 0.251 e. The van der Waals surface area contributed by atoms with Crippen molar-refractivity contribution in [2.45, 2.75) is 25.3 Å². The second-order valence-corrected chi connectivity index (χ2v) is 5.06. The molecule has 0 fully saturated rings. The summed E-state index contributed by atoms with van der Waals surface area (Å²) in [6, 6.07) is 7.99. The molecule has 0 aromatic heterocycles. The van der Waals surface area contributed by atoms with Crippen LogP contribution < -0.4 is 16.8 Å². The zero-order chi connectivity index (χ0) is 16.4. The second kappa shape index (κ2) is 9.78. The summed E-state index contributed by atoms with van der Waals surface area (Å²) in [6.45, 7) is 0.538. The average molecular weight is 325 g/mol. The Kier molecular flexibility index (Phi) is 7.99. The standard InChI is InChI=1S/C15H21ClN4O2/c16-10-13(17)19-9-5-4-8-12(14(18)21)20-15(22)11-6-2-1-3-7-11/h1-3,6-7,12H,4-5,8-10H2,(H2,17,19)(H2,18,21)(H,20,22)/t12-/m1/s1. The number of unbranched alkanes of at least 4 members (excludes halogenated alkanes) is 1. The van der Waals surface area contributed by atoms with Crippen molar-refractivity contribution in [3.63, 3.8) is 0 Å². The number of rotatable bonds is 9. The van der Waals surface area contributed by atoms with Gasteiger partial charge in [-0.05, 0) is 31.4 Å². The van der Waals surface area contributed by atoms with Gasteiger partial charge < -0.3 is 16.8 Å². The van der Waals surface area contributed by atoms with E-state index < -0.39 is 11.9 Å². The van der Waals surface area contributed by atoms with Gasteiger partial charge in [0.1, 0.15) is 11.9 Å². The molecule has 1 aromatic carbocycles. The third kappa shape index (κ3) is 6.58. The fraction of sp³-hybridized carbons (Fsp3) is 0.400. The fourth-order valence-electron chi connectivity index (χ4n) is 1.84. The van der Waals surface area contributed by atoms with Crippen LogP contribution in [-0.4, -0.2) is 36.1 Å². The lowest BCUT2D eigenvalue weighted by Crippen LogP contribution is -2.44. The Morgan fingerprint density at radius 3 is 2.45 bits per heavy atom. The number of amides is 2. The Morgan fingerprint density at radius 2 is 1.86 bits per heavy atom. The van der Waals surface area contributed by atoms with E-state index in [2.05, 4.69) is 10.3 Å². The van der Waals surface area contributed by atoms with Crippen LogP contribution in [0.2, 0.25) is 0 Å². The number of carbonyl (C=O) groups is 2. The first-order chi connectivity index (χ1) is 10.5. The molecule has 1 atom stereocenters. The highest BCUT2D eigenvalue weighted by Crippen LogP contribution is 2.04. The van der Waals surface area contributed by atoms with Crippen molar-refractivity contribution in [2.75, 3.05) is 12.4 Å². The van der Waals surface area contributed by atoms with Crippen molar-refractivity contribution in [1.82, 2.24) is 5.32 Å². The first kappa shape index (κ1) is 18.0. The number of nitrogens with one attached hydrogen (secondary N) is 1. The van der Waals surface area contributed by atoms with E-state index in [1.54, 1.807) is 24.3 Å². The molecule has 120 valence electrons. The highest BCUT2D eigenvalue weighted by molar-refractivity contribution is 6.27. The van der Waals surface area contributed by atoms with E-state index in [0.29, 0.717) is 30.8 Å². The molecule has 1 rings (SSSR count). The molecule has 2 amide bonds. The quantitative estimate of drug-likeness (QED) is 0.273. The number of benzene rings is 1. The lowest BCUT2D eigenvalue weighted by Gasteiger charge is -2.15. The molecule has 0 saturated carbocycles. The summed E-state index contributed by atoms with van der Waals surface area (Å²) in [6.07, 6.45) is 1.90. The van der Waals surface area contributed by atoms with E-state index >= 15 is 0 Å². The van der Waals surface area contributed by atoms with E-state index in [9.17, 15) is 9.59 Å². The minimum absolute atomic E-state index is 0.205. The Labute approximate surface area is 134 Å². The van der Waals surface area contributed by atoms with Gasteiger partial charge in [-0.3, -0.25) is 14.6 Å². The Balaban J connectivity index is 2.43. The highest BCUT2D eigenvalue weighted by Gasteiger charge is 2.18. The molecular weight excluding hydrogens is 304 g/mol. The topological polar surface area (TPSA) is 111 Å². The largest absolute Gasteiger partial charge is 0.386 e. The number of nitrogens with zero attached hydrogens (tertiary/aromatic N) is 1. The molecule has 0 aliphatic carbocycles. The van der Waals surface area contributed by atoms with Crippen molar-refractivity contribution >= 4 is 29.3 Å². The monoisotopic (exact) mass is 324 g/mol. The molecule has 0 saturated heterocycles. The Bertz CT molecular complexity index is 520. The number of nitrogens with two attached hydrogens (primary N) is 2. The summed E-state index contributed by atoms with van der Waals surface area (Å²) in [5.74, 6) is -0.260. The van der Waals surface area contributed by atoms with Gasteiger partial charge in [-0.25, -0.2) is 0 Å². The maximum absolute atomic E-state index is 12.0. The average Bonchev–Trinajstić information content (AvgIpc) is 2.53. The van der Waals surface area contributed by atoms with Gasteiger partial charge >= 0.3 is 0 Å². The SMILES string of the molecule is NC(=O)[C@@H](CCCCN=C(N)CCl)NC(=O)c1ccccc1. The van der Waals surface area contributed by atoms with Crippen LogP contribution in [0.15, 0.2) is 35.3 Å². The molecule has 5 N–H and O–H groups in total. The van der Waals surface area contributed by atoms with E-state index in [0.717, 1.165) is 6.42 Å². The Morgan fingerprint density at radius 1 is 1.18 bits per heavy atom. The fourth-order valence-corrected chi connectivity index (χ4v) is 1.93. The maximum Gasteiger partial charge on any atom is 0.251 e. The van der Waals surface area contributed by atoms with Crippen LogP contribution in [-0.2, 0) is 4.79 Å². The number of primary amides is 1. The summed E-state index contributed by atoms with van der Waals surface area (Å²) >= 11 is 5.51. The van der Waals surface area contributed by atoms with Crippen LogP contribution in [0, 0.1) is 0 Å². The first-order valence-corrected chi connectivity index (χ1v) is 7.58. The minimum Gasteiger partial charge on any atom is -0.386 e. The summed E-state index contributed by atoms with van der Waals surface area (Å²) in [5.41, 5.74) is 11.3. The van der Waals surface area contributed by atoms with Crippen molar-refractivity contribution in [3.05, 3.63) is 35.9 Å². The summed E-state index contributed by atoms with van der Waals surface area (Å²) in [5, 5.41) is 2.65. The lowest BCUT2D eigenvalue weighted by molar-refractivity contribution is -0.120. The number of carbonyl (C=O) groups excluding carboxylic acids is 2. The van der Waals surface area contributed by atoms with Crippen LogP contribution in [0.1, 0.15) is 29.6 Å². The zero-order valence-corrected chi connectivity index (χ0v) is 13.1. The number of hydrogen-bond donors (Lipinski definition) is 3. The van der Waals surface area contributed by atoms with E-state index in [-0.39, 0.29) is 11.8 Å². The molecule has 1 aromatic rings. The van der Waals surface area contributed by atoms with Gasteiger partial charge in [0.15, 0.2) is 0 Å². The summed E-state index contributed by atoms with van der Waals surface area (Å²) in [7, 11) is 0. The molecule has 0 heterocycles. The minimum atomic E-state index is -0.693. The van der Waals surface area contributed by atoms with Gasteiger partial charge in [-0.15, -0.1) is 11.6 Å². The molecule has 0 aliphatic rings. The normalized spacial score (nSPS) is 12.7. The van der Waals surface area contributed by atoms with Gasteiger partial charge in [-0.1, -0.05) is 18.2 Å². The molecule has 0 radical (unpaired) electrons. The van der Waals surface area contributed by atoms with Gasteiger partial charge in [0, 0.05) is 12.1 Å². The summed E-state index contributed by atoms with van der Waals surface area (Å²) in [4.78, 5) is 27.5. The zero-order valence-electron chi connectivity index (χ0n) is 12.3. The van der Waals surface area contributed by atoms with Crippen LogP contribution in [0.3, 0.4) is 0 Å². The molecule has 22 heavy (non-hydrogen) atoms. The van der Waals surface area contributed by atoms with Gasteiger partial charge in [-0.2, -0.15) is 0 Å². The molecule has 0 bridgehead atoms. The van der Waals surface area contributed by atoms with E-state index in [4.69, 9.17) is 23.1 Å². The third-order valence-electron chi connectivity index (χ3n) is 3.04. The predicted molar refractivity (Wildman–Crippen MR) is 88.0 cm³/mol. The van der Waals surface area contributed by atoms with Gasteiger partial charge in [0.2, 0.25) is 5.91 Å². The van der Waals surface area contributed by atoms with Gasteiger partial charge in [0.25, 0.3) is 5.91 Å². The molecule has 0 aliphatic heterocycles. The maximum atomic E-state index is 12.0. The van der Waals surface area contributed by atoms with Crippen molar-refractivity contribution in [2.24, 2.45) is 16.5 Å². The molecule has 0 unspecified atom stereocenters. The molecule has 7 heteroatoms. The molecule has 6 nitrogen and oxygen atoms in total. The second-order valence-electron chi connectivity index (χ2n) is 4.80. The van der Waals surface area contributed by atoms with Crippen molar-refractivity contribution < 1.29 is 9.59 Å². The highest BCUT2D eigenvalue weighted by atomic mass is 35.5. The van der Waals surface area contributed by atoms with E-state index in [1.165, 1.54) is 0 Å². The predicted octanol–water partition coefficient (Wildman–Crippen LogP) is 1.04. The number of halogens is 1. The lowest BCUT2D eigenvalue weighted by atomic mass is 10.1. The van der Waals surface area contributed by atoms with Crippen LogP contribution in [0.5, 0.6) is 0 Å². The van der Waals surface area contributed by atoms with Gasteiger partial charge in [0.05, 0.1) is 5.88 Å². The third-order valence-corrected chi connectivity index (χ3v) is 3.31. The number of amidine groups is 1.